The van der Waals surface area contributed by atoms with Crippen LogP contribution in [0.4, 0.5) is 0 Å². The number of aliphatic hydroxyl groups is 1. The van der Waals surface area contributed by atoms with Crippen LogP contribution in [0.2, 0.25) is 10.0 Å². The van der Waals surface area contributed by atoms with Crippen LogP contribution in [0.5, 0.6) is 0 Å². The molecule has 1 saturated carbocycles. The van der Waals surface area contributed by atoms with E-state index in [9.17, 15) is 5.11 Å². The molecule has 0 heterocycles. The third-order valence-electron chi connectivity index (χ3n) is 4.50. The second-order valence-corrected chi connectivity index (χ2v) is 7.07. The van der Waals surface area contributed by atoms with Crippen LogP contribution >= 0.6 is 23.2 Å². The number of rotatable bonds is 4. The fourth-order valence-electron chi connectivity index (χ4n) is 3.36. The van der Waals surface area contributed by atoms with Crippen LogP contribution in [-0.4, -0.2) is 10.7 Å². The van der Waals surface area contributed by atoms with Crippen molar-refractivity contribution >= 4 is 23.2 Å². The van der Waals surface area contributed by atoms with E-state index >= 15 is 0 Å². The molecule has 1 aromatic rings. The lowest BCUT2D eigenvalue weighted by Crippen LogP contribution is -2.30. The molecule has 112 valence electrons. The van der Waals surface area contributed by atoms with Gasteiger partial charge in [-0.05, 0) is 42.9 Å². The molecule has 2 atom stereocenters. The fourth-order valence-corrected chi connectivity index (χ4v) is 3.83. The van der Waals surface area contributed by atoms with E-state index in [1.165, 1.54) is 19.3 Å². The van der Waals surface area contributed by atoms with Gasteiger partial charge >= 0.3 is 0 Å². The highest BCUT2D eigenvalue weighted by atomic mass is 35.5. The zero-order valence-corrected chi connectivity index (χ0v) is 13.7. The summed E-state index contributed by atoms with van der Waals surface area (Å²) in [6, 6.07) is 5.55. The van der Waals surface area contributed by atoms with E-state index in [0.717, 1.165) is 37.2 Å². The lowest BCUT2D eigenvalue weighted by molar-refractivity contribution is 0.0241. The van der Waals surface area contributed by atoms with Crippen molar-refractivity contribution in [3.63, 3.8) is 0 Å². The minimum Gasteiger partial charge on any atom is -0.390 e. The van der Waals surface area contributed by atoms with Gasteiger partial charge in [-0.25, -0.2) is 0 Å². The molecule has 1 fully saturated rings. The summed E-state index contributed by atoms with van der Waals surface area (Å²) in [5, 5.41) is 12.2. The monoisotopic (exact) mass is 314 g/mol. The molecule has 0 aliphatic heterocycles. The Bertz CT molecular complexity index is 447. The summed E-state index contributed by atoms with van der Waals surface area (Å²) in [4.78, 5) is 0. The highest BCUT2D eigenvalue weighted by Crippen LogP contribution is 2.36. The van der Waals surface area contributed by atoms with Crippen LogP contribution in [0.1, 0.15) is 57.4 Å². The van der Waals surface area contributed by atoms with E-state index in [4.69, 9.17) is 23.2 Å². The van der Waals surface area contributed by atoms with Gasteiger partial charge in [-0.2, -0.15) is 0 Å². The molecule has 0 saturated heterocycles. The largest absolute Gasteiger partial charge is 0.390 e. The average Bonchev–Trinajstić information content (AvgIpc) is 2.57. The highest BCUT2D eigenvalue weighted by Gasteiger charge is 2.31. The molecule has 0 radical (unpaired) electrons. The smallest absolute Gasteiger partial charge is 0.0688 e. The van der Waals surface area contributed by atoms with E-state index in [1.54, 1.807) is 6.07 Å². The first-order valence-corrected chi connectivity index (χ1v) is 8.44. The molecule has 1 aliphatic rings. The summed E-state index contributed by atoms with van der Waals surface area (Å²) >= 11 is 12.2. The van der Waals surface area contributed by atoms with E-state index in [0.29, 0.717) is 16.5 Å². The summed E-state index contributed by atoms with van der Waals surface area (Å²) < 4.78 is 0. The van der Waals surface area contributed by atoms with Gasteiger partial charge in [0.2, 0.25) is 0 Å². The first-order chi connectivity index (χ1) is 9.52. The summed E-state index contributed by atoms with van der Waals surface area (Å²) in [5.41, 5.74) is 0.410. The molecule has 0 aromatic heterocycles. The minimum absolute atomic E-state index is 0.597. The number of hydrogen-bond acceptors (Lipinski definition) is 1. The number of hydrogen-bond donors (Lipinski definition) is 1. The quantitative estimate of drug-likeness (QED) is 0.712. The molecule has 1 aromatic carbocycles. The van der Waals surface area contributed by atoms with Gasteiger partial charge in [-0.15, -0.1) is 0 Å². The maximum atomic E-state index is 10.9. The Hall–Kier alpha value is -0.240. The lowest BCUT2D eigenvalue weighted by atomic mass is 9.86. The Morgan fingerprint density at radius 3 is 2.75 bits per heavy atom. The van der Waals surface area contributed by atoms with Gasteiger partial charge in [0.15, 0.2) is 0 Å². The number of benzene rings is 1. The molecule has 1 aliphatic carbocycles. The maximum absolute atomic E-state index is 10.9. The molecular weight excluding hydrogens is 291 g/mol. The van der Waals surface area contributed by atoms with Crippen LogP contribution in [0.25, 0.3) is 0 Å². The first-order valence-electron chi connectivity index (χ1n) is 7.69. The van der Waals surface area contributed by atoms with Gasteiger partial charge in [0.1, 0.15) is 0 Å². The Morgan fingerprint density at radius 2 is 2.05 bits per heavy atom. The standard InChI is InChI=1S/C17H24Cl2O/c1-2-4-13-5-3-9-17(20,10-8-13)12-14-6-7-15(18)11-16(14)19/h6-7,11,13,20H,2-5,8-10,12H2,1H3. The molecule has 3 heteroatoms. The van der Waals surface area contributed by atoms with Crippen molar-refractivity contribution in [1.82, 2.24) is 0 Å². The van der Waals surface area contributed by atoms with Gasteiger partial charge in [0.05, 0.1) is 5.60 Å². The predicted octanol–water partition coefficient (Wildman–Crippen LogP) is 5.65. The predicted molar refractivity (Wildman–Crippen MR) is 86.6 cm³/mol. The summed E-state index contributed by atoms with van der Waals surface area (Å²) in [6.45, 7) is 2.24. The van der Waals surface area contributed by atoms with E-state index in [2.05, 4.69) is 6.92 Å². The second kappa shape index (κ2) is 7.15. The van der Waals surface area contributed by atoms with Gasteiger partial charge < -0.3 is 5.11 Å². The third kappa shape index (κ3) is 4.38. The van der Waals surface area contributed by atoms with Crippen molar-refractivity contribution in [1.29, 1.82) is 0 Å². The van der Waals surface area contributed by atoms with Crippen molar-refractivity contribution in [3.05, 3.63) is 33.8 Å². The summed E-state index contributed by atoms with van der Waals surface area (Å²) in [6.07, 6.45) is 8.45. The third-order valence-corrected chi connectivity index (χ3v) is 5.09. The van der Waals surface area contributed by atoms with Crippen LogP contribution < -0.4 is 0 Å². The normalized spacial score (nSPS) is 27.3. The molecule has 0 amide bonds. The topological polar surface area (TPSA) is 20.2 Å². The van der Waals surface area contributed by atoms with Crippen LogP contribution in [0.3, 0.4) is 0 Å². The maximum Gasteiger partial charge on any atom is 0.0688 e. The Labute approximate surface area is 132 Å². The molecule has 1 N–H and O–H groups in total. The van der Waals surface area contributed by atoms with E-state index in [-0.39, 0.29) is 0 Å². The number of halogens is 2. The van der Waals surface area contributed by atoms with Gasteiger partial charge in [-0.3, -0.25) is 0 Å². The average molecular weight is 315 g/mol. The second-order valence-electron chi connectivity index (χ2n) is 6.22. The van der Waals surface area contributed by atoms with Gasteiger partial charge in [0.25, 0.3) is 0 Å². The van der Waals surface area contributed by atoms with Crippen LogP contribution in [0.15, 0.2) is 18.2 Å². The van der Waals surface area contributed by atoms with E-state index in [1.807, 2.05) is 12.1 Å². The van der Waals surface area contributed by atoms with Crippen molar-refractivity contribution in [2.45, 2.75) is 63.9 Å². The molecule has 0 bridgehead atoms. The first kappa shape index (κ1) is 16.1. The fraction of sp³-hybridized carbons (Fsp3) is 0.647. The summed E-state index contributed by atoms with van der Waals surface area (Å²) in [5.74, 6) is 0.787. The van der Waals surface area contributed by atoms with Crippen LogP contribution in [-0.2, 0) is 6.42 Å². The zero-order valence-electron chi connectivity index (χ0n) is 12.2. The molecule has 1 nitrogen and oxygen atoms in total. The SMILES string of the molecule is CCCC1CCCC(O)(Cc2ccc(Cl)cc2Cl)CC1. The Morgan fingerprint density at radius 1 is 1.25 bits per heavy atom. The summed E-state index contributed by atoms with van der Waals surface area (Å²) in [7, 11) is 0. The van der Waals surface area contributed by atoms with E-state index < -0.39 is 5.60 Å². The Kier molecular flexibility index (Phi) is 5.77. The lowest BCUT2D eigenvalue weighted by Gasteiger charge is -2.27. The molecule has 2 unspecified atom stereocenters. The molecular formula is C17H24Cl2O. The molecule has 0 spiro atoms. The van der Waals surface area contributed by atoms with Crippen molar-refractivity contribution < 1.29 is 5.11 Å². The zero-order chi connectivity index (χ0) is 14.6. The highest BCUT2D eigenvalue weighted by molar-refractivity contribution is 6.35. The minimum atomic E-state index is -0.597. The van der Waals surface area contributed by atoms with Gasteiger partial charge in [-0.1, -0.05) is 61.9 Å². The van der Waals surface area contributed by atoms with Crippen LogP contribution in [0, 0.1) is 5.92 Å². The van der Waals surface area contributed by atoms with Crippen molar-refractivity contribution in [2.75, 3.05) is 0 Å². The van der Waals surface area contributed by atoms with Gasteiger partial charge in [0, 0.05) is 16.5 Å². The Balaban J connectivity index is 2.03. The molecule has 20 heavy (non-hydrogen) atoms. The van der Waals surface area contributed by atoms with Crippen molar-refractivity contribution in [3.8, 4) is 0 Å². The molecule has 2 rings (SSSR count). The van der Waals surface area contributed by atoms with Crippen molar-refractivity contribution in [2.24, 2.45) is 5.92 Å².